The number of nitrogens with zero attached hydrogens (tertiary/aromatic N) is 1. The number of thiophene rings is 1. The first-order chi connectivity index (χ1) is 9.24. The summed E-state index contributed by atoms with van der Waals surface area (Å²) in [6.07, 6.45) is 4.42. The molecule has 3 rings (SSSR count). The third-order valence-corrected chi connectivity index (χ3v) is 5.24. The number of amides is 1. The molecule has 0 radical (unpaired) electrons. The van der Waals surface area contributed by atoms with Crippen LogP contribution in [0.5, 0.6) is 0 Å². The quantitative estimate of drug-likeness (QED) is 0.918. The molecule has 3 nitrogen and oxygen atoms in total. The molecule has 1 aromatic rings. The minimum Gasteiger partial charge on any atom is -0.342 e. The van der Waals surface area contributed by atoms with Crippen molar-refractivity contribution >= 4 is 17.2 Å². The topological polar surface area (TPSA) is 32.3 Å². The average Bonchev–Trinajstić information content (AvgIpc) is 3.13. The van der Waals surface area contributed by atoms with Gasteiger partial charge in [-0.3, -0.25) is 4.79 Å². The highest BCUT2D eigenvalue weighted by Gasteiger charge is 2.34. The van der Waals surface area contributed by atoms with Gasteiger partial charge in [-0.1, -0.05) is 6.07 Å². The van der Waals surface area contributed by atoms with E-state index < -0.39 is 0 Å². The Morgan fingerprint density at radius 2 is 2.11 bits per heavy atom. The van der Waals surface area contributed by atoms with Gasteiger partial charge < -0.3 is 10.2 Å². The molecule has 1 amide bonds. The van der Waals surface area contributed by atoms with Crippen LogP contribution in [0.3, 0.4) is 0 Å². The van der Waals surface area contributed by atoms with Gasteiger partial charge in [0.25, 0.3) is 0 Å². The highest BCUT2D eigenvalue weighted by molar-refractivity contribution is 7.10. The first-order valence-corrected chi connectivity index (χ1v) is 8.20. The van der Waals surface area contributed by atoms with E-state index in [1.807, 2.05) is 11.3 Å². The van der Waals surface area contributed by atoms with E-state index in [-0.39, 0.29) is 0 Å². The number of carbonyl (C=O) groups excluding carboxylic acids is 1. The van der Waals surface area contributed by atoms with E-state index in [0.29, 0.717) is 23.9 Å². The lowest BCUT2D eigenvalue weighted by Gasteiger charge is -2.34. The molecule has 2 fully saturated rings. The van der Waals surface area contributed by atoms with Crippen molar-refractivity contribution in [2.24, 2.45) is 5.92 Å². The van der Waals surface area contributed by atoms with E-state index >= 15 is 0 Å². The molecule has 0 spiro atoms. The lowest BCUT2D eigenvalue weighted by atomic mass is 10.0. The molecule has 0 aromatic carbocycles. The molecule has 1 aliphatic carbocycles. The summed E-state index contributed by atoms with van der Waals surface area (Å²) in [7, 11) is 0. The van der Waals surface area contributed by atoms with E-state index in [4.69, 9.17) is 0 Å². The fourth-order valence-electron chi connectivity index (χ4n) is 2.83. The zero-order valence-corrected chi connectivity index (χ0v) is 12.3. The largest absolute Gasteiger partial charge is 0.342 e. The monoisotopic (exact) mass is 278 g/mol. The molecule has 1 unspecified atom stereocenters. The van der Waals surface area contributed by atoms with Gasteiger partial charge in [-0.15, -0.1) is 11.3 Å². The summed E-state index contributed by atoms with van der Waals surface area (Å²) in [6, 6.07) is 5.28. The molecule has 1 aromatic heterocycles. The number of nitrogens with one attached hydrogen (secondary N) is 1. The van der Waals surface area contributed by atoms with E-state index in [0.717, 1.165) is 38.8 Å². The SMILES string of the molecule is CC(NC1CCN(C(=O)C2CC2)CC1)c1cccs1. The Morgan fingerprint density at radius 1 is 1.37 bits per heavy atom. The molecule has 1 atom stereocenters. The Hall–Kier alpha value is -0.870. The third kappa shape index (κ3) is 3.18. The molecule has 1 saturated heterocycles. The fraction of sp³-hybridized carbons (Fsp3) is 0.667. The van der Waals surface area contributed by atoms with Crippen LogP contribution in [0.4, 0.5) is 0 Å². The highest BCUT2D eigenvalue weighted by atomic mass is 32.1. The minimum absolute atomic E-state index is 0.370. The summed E-state index contributed by atoms with van der Waals surface area (Å²) in [6.45, 7) is 4.10. The van der Waals surface area contributed by atoms with Crippen molar-refractivity contribution in [3.05, 3.63) is 22.4 Å². The first-order valence-electron chi connectivity index (χ1n) is 7.32. The van der Waals surface area contributed by atoms with Gasteiger partial charge in [0.05, 0.1) is 0 Å². The molecule has 1 N–H and O–H groups in total. The summed E-state index contributed by atoms with van der Waals surface area (Å²) in [4.78, 5) is 15.5. The van der Waals surface area contributed by atoms with Crippen LogP contribution >= 0.6 is 11.3 Å². The van der Waals surface area contributed by atoms with Crippen molar-refractivity contribution in [1.82, 2.24) is 10.2 Å². The van der Waals surface area contributed by atoms with Crippen molar-refractivity contribution in [1.29, 1.82) is 0 Å². The summed E-state index contributed by atoms with van der Waals surface area (Å²) in [5.74, 6) is 0.777. The van der Waals surface area contributed by atoms with Gasteiger partial charge in [0, 0.05) is 36.0 Å². The van der Waals surface area contributed by atoms with Crippen LogP contribution in [-0.4, -0.2) is 29.9 Å². The Kier molecular flexibility index (Phi) is 3.89. The zero-order chi connectivity index (χ0) is 13.2. The van der Waals surface area contributed by atoms with E-state index in [1.54, 1.807) is 0 Å². The van der Waals surface area contributed by atoms with Crippen molar-refractivity contribution in [3.63, 3.8) is 0 Å². The van der Waals surface area contributed by atoms with Crippen LogP contribution in [0.1, 0.15) is 43.5 Å². The second kappa shape index (κ2) is 5.63. The molecular formula is C15H22N2OS. The van der Waals surface area contributed by atoms with Crippen molar-refractivity contribution in [3.8, 4) is 0 Å². The average molecular weight is 278 g/mol. The smallest absolute Gasteiger partial charge is 0.225 e. The second-order valence-corrected chi connectivity index (χ2v) is 6.76. The lowest BCUT2D eigenvalue weighted by molar-refractivity contribution is -0.133. The molecule has 1 aliphatic heterocycles. The number of likely N-dealkylation sites (tertiary alicyclic amines) is 1. The van der Waals surface area contributed by atoms with E-state index in [1.165, 1.54) is 4.88 Å². The van der Waals surface area contributed by atoms with Gasteiger partial charge in [0.2, 0.25) is 5.91 Å². The molecule has 2 aliphatic rings. The Bertz CT molecular complexity index is 419. The predicted molar refractivity (Wildman–Crippen MR) is 78.2 cm³/mol. The van der Waals surface area contributed by atoms with Crippen LogP contribution in [-0.2, 0) is 4.79 Å². The maximum atomic E-state index is 12.0. The molecule has 4 heteroatoms. The number of hydrogen-bond acceptors (Lipinski definition) is 3. The predicted octanol–water partition coefficient (Wildman–Crippen LogP) is 2.80. The Morgan fingerprint density at radius 3 is 2.68 bits per heavy atom. The van der Waals surface area contributed by atoms with Gasteiger partial charge in [0.1, 0.15) is 0 Å². The van der Waals surface area contributed by atoms with E-state index in [9.17, 15) is 4.79 Å². The van der Waals surface area contributed by atoms with Gasteiger partial charge >= 0.3 is 0 Å². The molecule has 104 valence electrons. The standard InChI is InChI=1S/C15H22N2OS/c1-11(14-3-2-10-19-14)16-13-6-8-17(9-7-13)15(18)12-4-5-12/h2-3,10-13,16H,4-9H2,1H3. The van der Waals surface area contributed by atoms with Gasteiger partial charge in [-0.05, 0) is 44.1 Å². The molecule has 2 heterocycles. The molecule has 19 heavy (non-hydrogen) atoms. The maximum Gasteiger partial charge on any atom is 0.225 e. The Balaban J connectivity index is 1.46. The van der Waals surface area contributed by atoms with Gasteiger partial charge in [-0.25, -0.2) is 0 Å². The van der Waals surface area contributed by atoms with Gasteiger partial charge in [-0.2, -0.15) is 0 Å². The maximum absolute atomic E-state index is 12.0. The number of piperidine rings is 1. The van der Waals surface area contributed by atoms with Crippen LogP contribution in [0.15, 0.2) is 17.5 Å². The number of hydrogen-bond donors (Lipinski definition) is 1. The summed E-state index contributed by atoms with van der Waals surface area (Å²) in [5.41, 5.74) is 0. The van der Waals surface area contributed by atoms with Crippen LogP contribution in [0.25, 0.3) is 0 Å². The van der Waals surface area contributed by atoms with Crippen molar-refractivity contribution in [2.45, 2.75) is 44.7 Å². The van der Waals surface area contributed by atoms with Crippen LogP contribution in [0, 0.1) is 5.92 Å². The summed E-state index contributed by atoms with van der Waals surface area (Å²) >= 11 is 1.81. The second-order valence-electron chi connectivity index (χ2n) is 5.78. The van der Waals surface area contributed by atoms with Gasteiger partial charge in [0.15, 0.2) is 0 Å². The van der Waals surface area contributed by atoms with E-state index in [2.05, 4.69) is 34.7 Å². The molecular weight excluding hydrogens is 256 g/mol. The minimum atomic E-state index is 0.370. The number of rotatable bonds is 4. The lowest BCUT2D eigenvalue weighted by Crippen LogP contribution is -2.45. The van der Waals surface area contributed by atoms with Crippen LogP contribution in [0.2, 0.25) is 0 Å². The van der Waals surface area contributed by atoms with Crippen molar-refractivity contribution < 1.29 is 4.79 Å². The third-order valence-electron chi connectivity index (χ3n) is 4.19. The van der Waals surface area contributed by atoms with Crippen LogP contribution < -0.4 is 5.32 Å². The Labute approximate surface area is 119 Å². The summed E-state index contributed by atoms with van der Waals surface area (Å²) < 4.78 is 0. The molecule has 1 saturated carbocycles. The summed E-state index contributed by atoms with van der Waals surface area (Å²) in [5, 5.41) is 5.83. The fourth-order valence-corrected chi connectivity index (χ4v) is 3.57. The highest BCUT2D eigenvalue weighted by Crippen LogP contribution is 2.32. The number of carbonyl (C=O) groups is 1. The first kappa shape index (κ1) is 13.1. The van der Waals surface area contributed by atoms with Crippen molar-refractivity contribution in [2.75, 3.05) is 13.1 Å². The zero-order valence-electron chi connectivity index (χ0n) is 11.5. The normalized spacial score (nSPS) is 22.5. The molecule has 0 bridgehead atoms.